The summed E-state index contributed by atoms with van der Waals surface area (Å²) in [6.45, 7) is 26.2. The van der Waals surface area contributed by atoms with E-state index in [2.05, 4.69) is 114 Å². The van der Waals surface area contributed by atoms with Crippen LogP contribution in [0.5, 0.6) is 0 Å². The molecule has 0 aromatic carbocycles. The zero-order valence-corrected chi connectivity index (χ0v) is 40.6. The Morgan fingerprint density at radius 2 is 1.62 bits per heavy atom. The summed E-state index contributed by atoms with van der Waals surface area (Å²) in [5.74, 6) is -0.950. The standard InChI is InChI=1S/C55H74N4O5/c1-13-39-35(8)42-28-44-37(10)41(24-25-48(60)64-27-26-34(7)23-17-22-33(6)21-16-20-32(5)19-15-18-31(3)4)52(58-44)50-51(55(62)63-12)54(61)49-38(11)45(59-53(49)50)30-47-40(14-2)36(9)43(57-47)29-46(39)56-42/h13,21,26,28-32,37,45,51,56-59H,1,14-20,22-25,27H2,2-12H3/b33-21-,34-26+,43-29+,44-28-,47-30-/t32-,37+,45?,51-/m1/s1. The second-order valence-corrected chi connectivity index (χ2v) is 19.2. The van der Waals surface area contributed by atoms with Gasteiger partial charge in [0.2, 0.25) is 0 Å². The number of carbonyl (C=O) groups is 3. The van der Waals surface area contributed by atoms with Gasteiger partial charge in [-0.15, -0.1) is 0 Å². The van der Waals surface area contributed by atoms with Gasteiger partial charge in [-0.2, -0.15) is 0 Å². The molecule has 4 aliphatic rings. The number of hydrogen-bond donors (Lipinski definition) is 4. The monoisotopic (exact) mass is 871 g/mol. The molecule has 8 bridgehead atoms. The van der Waals surface area contributed by atoms with Crippen molar-refractivity contribution in [1.29, 1.82) is 0 Å². The molecule has 2 aromatic heterocycles. The van der Waals surface area contributed by atoms with E-state index in [1.165, 1.54) is 49.5 Å². The van der Waals surface area contributed by atoms with Gasteiger partial charge in [0.05, 0.1) is 18.8 Å². The Hall–Kier alpha value is -5.31. The van der Waals surface area contributed by atoms with Crippen LogP contribution in [0, 0.1) is 37.5 Å². The Labute approximate surface area is 382 Å². The van der Waals surface area contributed by atoms with Gasteiger partial charge in [-0.1, -0.05) is 83.8 Å². The first-order valence-corrected chi connectivity index (χ1v) is 23.9. The topological polar surface area (TPSA) is 125 Å². The van der Waals surface area contributed by atoms with Gasteiger partial charge in [0.1, 0.15) is 12.5 Å². The van der Waals surface area contributed by atoms with Gasteiger partial charge in [-0.3, -0.25) is 14.4 Å². The van der Waals surface area contributed by atoms with Crippen LogP contribution in [-0.4, -0.2) is 47.4 Å². The summed E-state index contributed by atoms with van der Waals surface area (Å²) < 4.78 is 11.1. The van der Waals surface area contributed by atoms with Crippen LogP contribution in [0.1, 0.15) is 153 Å². The lowest BCUT2D eigenvalue weighted by atomic mass is 9.89. The molecule has 9 heteroatoms. The number of Topliss-reactive ketones (excluding diaryl/α,β-unsaturated/α-hetero) is 1. The van der Waals surface area contributed by atoms with E-state index in [1.54, 1.807) is 0 Å². The zero-order chi connectivity index (χ0) is 46.4. The van der Waals surface area contributed by atoms with E-state index >= 15 is 0 Å². The molecule has 4 N–H and O–H groups in total. The average Bonchev–Trinajstić information content (AvgIpc) is 3.99. The molecule has 0 amide bonds. The van der Waals surface area contributed by atoms with Crippen molar-refractivity contribution < 1.29 is 23.9 Å². The molecular weight excluding hydrogens is 797 g/mol. The second kappa shape index (κ2) is 21.1. The van der Waals surface area contributed by atoms with Crippen LogP contribution in [0.3, 0.4) is 0 Å². The summed E-state index contributed by atoms with van der Waals surface area (Å²) in [5.41, 5.74) is 14.0. The third-order valence-corrected chi connectivity index (χ3v) is 14.1. The number of allylic oxidation sites excluding steroid dienone is 6. The highest BCUT2D eigenvalue weighted by molar-refractivity contribution is 6.18. The van der Waals surface area contributed by atoms with Crippen molar-refractivity contribution in [1.82, 2.24) is 20.6 Å². The highest BCUT2D eigenvalue weighted by Crippen LogP contribution is 2.47. The van der Waals surface area contributed by atoms with Crippen molar-refractivity contribution in [2.45, 2.75) is 146 Å². The van der Waals surface area contributed by atoms with E-state index in [9.17, 15) is 14.4 Å². The summed E-state index contributed by atoms with van der Waals surface area (Å²) in [4.78, 5) is 48.8. The fourth-order valence-corrected chi connectivity index (χ4v) is 10.0. The van der Waals surface area contributed by atoms with Crippen LogP contribution >= 0.6 is 0 Å². The Morgan fingerprint density at radius 3 is 2.31 bits per heavy atom. The predicted octanol–water partition coefficient (Wildman–Crippen LogP) is 10.2. The van der Waals surface area contributed by atoms with Gasteiger partial charge in [0.15, 0.2) is 5.78 Å². The Kier molecular flexibility index (Phi) is 15.9. The van der Waals surface area contributed by atoms with Crippen molar-refractivity contribution >= 4 is 42.0 Å². The number of carbonyl (C=O) groups excluding carboxylic acids is 3. The molecule has 1 aliphatic carbocycles. The van der Waals surface area contributed by atoms with Crippen LogP contribution in [0.4, 0.5) is 0 Å². The summed E-state index contributed by atoms with van der Waals surface area (Å²) in [6.07, 6.45) is 23.6. The summed E-state index contributed by atoms with van der Waals surface area (Å²) >= 11 is 0. The van der Waals surface area contributed by atoms with Crippen LogP contribution in [0.2, 0.25) is 0 Å². The molecule has 2 aromatic rings. The van der Waals surface area contributed by atoms with Gasteiger partial charge in [-0.05, 0) is 144 Å². The number of hydrogen-bond acceptors (Lipinski definition) is 7. The lowest BCUT2D eigenvalue weighted by Gasteiger charge is -2.18. The number of methoxy groups -OCH3 is 1. The highest BCUT2D eigenvalue weighted by Gasteiger charge is 2.50. The van der Waals surface area contributed by atoms with Crippen molar-refractivity contribution in [2.75, 3.05) is 13.7 Å². The maximum atomic E-state index is 14.4. The van der Waals surface area contributed by atoms with E-state index < -0.39 is 11.9 Å². The Morgan fingerprint density at radius 1 is 0.891 bits per heavy atom. The minimum absolute atomic E-state index is 0.145. The number of nitrogens with one attached hydrogen (secondary N) is 4. The van der Waals surface area contributed by atoms with Crippen molar-refractivity contribution in [3.05, 3.63) is 114 Å². The molecule has 64 heavy (non-hydrogen) atoms. The number of aromatic nitrogens is 2. The summed E-state index contributed by atoms with van der Waals surface area (Å²) in [6, 6.07) is -0.289. The quantitative estimate of drug-likeness (QED) is 0.0629. The number of ketones is 1. The van der Waals surface area contributed by atoms with E-state index in [0.717, 1.165) is 99.6 Å². The lowest BCUT2D eigenvalue weighted by Crippen LogP contribution is -2.30. The fraction of sp³-hybridized carbons (Fsp3) is 0.509. The van der Waals surface area contributed by atoms with Crippen LogP contribution in [0.25, 0.3) is 24.3 Å². The molecule has 3 aliphatic heterocycles. The number of H-pyrrole nitrogens is 2. The lowest BCUT2D eigenvalue weighted by molar-refractivity contribution is -0.146. The van der Waals surface area contributed by atoms with Crippen molar-refractivity contribution in [3.8, 4) is 0 Å². The maximum absolute atomic E-state index is 14.4. The Bertz CT molecular complexity index is 2480. The predicted molar refractivity (Wildman–Crippen MR) is 261 cm³/mol. The van der Waals surface area contributed by atoms with Gasteiger partial charge in [-0.25, -0.2) is 0 Å². The molecule has 6 rings (SSSR count). The fourth-order valence-electron chi connectivity index (χ4n) is 10.0. The number of ether oxygens (including phenoxy) is 2. The van der Waals surface area contributed by atoms with E-state index in [4.69, 9.17) is 9.47 Å². The third-order valence-electron chi connectivity index (χ3n) is 14.1. The largest absolute Gasteiger partial charge is 0.468 e. The highest BCUT2D eigenvalue weighted by atomic mass is 16.5. The molecule has 9 nitrogen and oxygen atoms in total. The third kappa shape index (κ3) is 10.5. The van der Waals surface area contributed by atoms with Gasteiger partial charge >= 0.3 is 11.9 Å². The van der Waals surface area contributed by atoms with Crippen LogP contribution in [0.15, 0.2) is 69.3 Å². The first-order chi connectivity index (χ1) is 30.6. The van der Waals surface area contributed by atoms with E-state index in [1.807, 2.05) is 19.1 Å². The molecule has 4 atom stereocenters. The molecule has 1 unspecified atom stereocenters. The molecule has 0 saturated carbocycles. The Balaban J connectivity index is 1.22. The first-order valence-electron chi connectivity index (χ1n) is 23.9. The van der Waals surface area contributed by atoms with Crippen molar-refractivity contribution in [3.63, 3.8) is 0 Å². The summed E-state index contributed by atoms with van der Waals surface area (Å²) in [5, 5.41) is 9.33. The van der Waals surface area contributed by atoms with E-state index in [-0.39, 0.29) is 36.7 Å². The molecule has 0 spiro atoms. The van der Waals surface area contributed by atoms with Gasteiger partial charge in [0.25, 0.3) is 0 Å². The smallest absolute Gasteiger partial charge is 0.321 e. The van der Waals surface area contributed by atoms with E-state index in [0.29, 0.717) is 29.0 Å². The SMILES string of the molecule is C=Cc1c2[nH]c(c1C)/C=C1\NC(=C(CCC(=O)OC/C=C(\C)CCC/C(C)=C\CC[C@H](C)CCCC(C)C)[C@@H]1C)C1=C3NC(/C=c4\[nH]/c(c(C)c4CC)=C/2)C(C)=C3C(=O)[C@@H]1C(=O)OC. The number of esters is 2. The molecular formula is C55H74N4O5. The number of fused-ring (bicyclic) bond motifs is 8. The number of aromatic amines is 2. The molecule has 0 radical (unpaired) electrons. The van der Waals surface area contributed by atoms with Crippen LogP contribution < -0.4 is 21.3 Å². The van der Waals surface area contributed by atoms with Crippen molar-refractivity contribution in [2.24, 2.45) is 23.7 Å². The molecule has 0 fully saturated rings. The first kappa shape index (κ1) is 48.2. The maximum Gasteiger partial charge on any atom is 0.321 e. The minimum Gasteiger partial charge on any atom is -0.468 e. The second-order valence-electron chi connectivity index (χ2n) is 19.2. The van der Waals surface area contributed by atoms with Gasteiger partial charge < -0.3 is 30.1 Å². The van der Waals surface area contributed by atoms with Crippen LogP contribution in [-0.2, 0) is 30.3 Å². The summed E-state index contributed by atoms with van der Waals surface area (Å²) in [7, 11) is 1.32. The number of rotatable bonds is 19. The molecule has 5 heterocycles. The molecule has 344 valence electrons. The normalized spacial score (nSPS) is 21.9. The van der Waals surface area contributed by atoms with Gasteiger partial charge in [0, 0.05) is 62.5 Å². The minimum atomic E-state index is -1.15. The average molecular weight is 871 g/mol. The molecule has 0 saturated heterocycles. The zero-order valence-electron chi connectivity index (χ0n) is 40.6.